The number of nitrogens with one attached hydrogen (secondary N) is 1. The SMILES string of the molecule is C.CC.[B]c1ccc(CC(NC(=O)OC(C)(C)C)C(=O)OC)cc1. The lowest BCUT2D eigenvalue weighted by Gasteiger charge is -2.22. The first-order valence-electron chi connectivity index (χ1n) is 7.63. The minimum absolute atomic E-state index is 0. The Labute approximate surface area is 147 Å². The predicted molar refractivity (Wildman–Crippen MR) is 98.8 cm³/mol. The van der Waals surface area contributed by atoms with Crippen LogP contribution in [0.1, 0.15) is 47.6 Å². The smallest absolute Gasteiger partial charge is 0.408 e. The molecule has 1 aromatic carbocycles. The van der Waals surface area contributed by atoms with Crippen LogP contribution >= 0.6 is 0 Å². The van der Waals surface area contributed by atoms with E-state index in [1.165, 1.54) is 7.11 Å². The molecule has 134 valence electrons. The van der Waals surface area contributed by atoms with Gasteiger partial charge in [0.2, 0.25) is 0 Å². The molecule has 5 nitrogen and oxygen atoms in total. The average molecular weight is 335 g/mol. The lowest BCUT2D eigenvalue weighted by atomic mass is 9.94. The van der Waals surface area contributed by atoms with Crippen molar-refractivity contribution in [1.29, 1.82) is 0 Å². The summed E-state index contributed by atoms with van der Waals surface area (Å²) in [6.07, 6.45) is -0.361. The van der Waals surface area contributed by atoms with Gasteiger partial charge in [-0.2, -0.15) is 0 Å². The number of methoxy groups -OCH3 is 1. The molecule has 0 aliphatic rings. The fraction of sp³-hybridized carbons (Fsp3) is 0.556. The van der Waals surface area contributed by atoms with Gasteiger partial charge in [0.1, 0.15) is 19.5 Å². The normalized spacial score (nSPS) is 11.1. The summed E-state index contributed by atoms with van der Waals surface area (Å²) in [6.45, 7) is 9.25. The quantitative estimate of drug-likeness (QED) is 0.679. The van der Waals surface area contributed by atoms with E-state index >= 15 is 0 Å². The summed E-state index contributed by atoms with van der Waals surface area (Å²) in [7, 11) is 6.89. The summed E-state index contributed by atoms with van der Waals surface area (Å²) >= 11 is 0. The van der Waals surface area contributed by atoms with Crippen LogP contribution < -0.4 is 10.8 Å². The molecule has 2 radical (unpaired) electrons. The molecule has 6 heteroatoms. The summed E-state index contributed by atoms with van der Waals surface area (Å²) < 4.78 is 9.85. The van der Waals surface area contributed by atoms with Crippen molar-refractivity contribution in [2.45, 2.75) is 60.1 Å². The molecular weight excluding hydrogens is 305 g/mol. The van der Waals surface area contributed by atoms with Gasteiger partial charge in [-0.25, -0.2) is 9.59 Å². The zero-order valence-electron chi connectivity index (χ0n) is 14.8. The minimum atomic E-state index is -0.812. The zero-order valence-corrected chi connectivity index (χ0v) is 14.8. The van der Waals surface area contributed by atoms with Crippen molar-refractivity contribution >= 4 is 25.4 Å². The number of carbonyl (C=O) groups excluding carboxylic acids is 2. The fourth-order valence-electron chi connectivity index (χ4n) is 1.67. The largest absolute Gasteiger partial charge is 0.467 e. The summed E-state index contributed by atoms with van der Waals surface area (Å²) in [5.41, 5.74) is 0.857. The third-order valence-electron chi connectivity index (χ3n) is 2.60. The van der Waals surface area contributed by atoms with E-state index in [1.807, 2.05) is 13.8 Å². The van der Waals surface area contributed by atoms with Crippen molar-refractivity contribution in [3.05, 3.63) is 29.8 Å². The third kappa shape index (κ3) is 9.92. The van der Waals surface area contributed by atoms with Crippen molar-refractivity contribution < 1.29 is 19.1 Å². The second kappa shape index (κ2) is 11.5. The van der Waals surface area contributed by atoms with Crippen molar-refractivity contribution in [3.63, 3.8) is 0 Å². The molecule has 0 saturated heterocycles. The Morgan fingerprint density at radius 3 is 2.08 bits per heavy atom. The van der Waals surface area contributed by atoms with Gasteiger partial charge in [0.05, 0.1) is 7.11 Å². The predicted octanol–water partition coefficient (Wildman–Crippen LogP) is 2.75. The summed E-state index contributed by atoms with van der Waals surface area (Å²) in [5, 5.41) is 2.52. The van der Waals surface area contributed by atoms with E-state index < -0.39 is 23.7 Å². The standard InChI is InChI=1S/C15H20BNO4.C2H6.CH4/c1-15(2,3)21-14(19)17-12(13(18)20-4)9-10-5-7-11(16)8-6-10;1-2;/h5-8,12H,9H2,1-4H3,(H,17,19);1-2H3;1H4. The average Bonchev–Trinajstić information content (AvgIpc) is 2.48. The Morgan fingerprint density at radius 2 is 1.67 bits per heavy atom. The van der Waals surface area contributed by atoms with Crippen LogP contribution in [-0.4, -0.2) is 38.7 Å². The van der Waals surface area contributed by atoms with Gasteiger partial charge < -0.3 is 14.8 Å². The molecular formula is C18H30BNO4. The number of carbonyl (C=O) groups is 2. The maximum absolute atomic E-state index is 11.8. The van der Waals surface area contributed by atoms with Gasteiger partial charge in [-0.3, -0.25) is 0 Å². The van der Waals surface area contributed by atoms with Gasteiger partial charge >= 0.3 is 12.1 Å². The number of ether oxygens (including phenoxy) is 2. The van der Waals surface area contributed by atoms with E-state index in [-0.39, 0.29) is 7.43 Å². The Kier molecular flexibility index (Phi) is 11.7. The molecule has 1 unspecified atom stereocenters. The molecule has 1 atom stereocenters. The molecule has 24 heavy (non-hydrogen) atoms. The summed E-state index contributed by atoms with van der Waals surface area (Å²) in [5.74, 6) is -0.530. The number of hydrogen-bond donors (Lipinski definition) is 1. The first-order valence-corrected chi connectivity index (χ1v) is 7.63. The van der Waals surface area contributed by atoms with Crippen LogP contribution in [0, 0.1) is 0 Å². The monoisotopic (exact) mass is 335 g/mol. The molecule has 0 saturated carbocycles. The van der Waals surface area contributed by atoms with Gasteiger partial charge in [0.15, 0.2) is 0 Å². The number of amides is 1. The van der Waals surface area contributed by atoms with E-state index in [1.54, 1.807) is 45.0 Å². The van der Waals surface area contributed by atoms with Crippen LogP contribution in [0.15, 0.2) is 24.3 Å². The maximum Gasteiger partial charge on any atom is 0.408 e. The molecule has 0 aliphatic heterocycles. The van der Waals surface area contributed by atoms with Crippen molar-refractivity contribution in [2.75, 3.05) is 7.11 Å². The lowest BCUT2D eigenvalue weighted by molar-refractivity contribution is -0.143. The highest BCUT2D eigenvalue weighted by atomic mass is 16.6. The van der Waals surface area contributed by atoms with Crippen LogP contribution in [0.25, 0.3) is 0 Å². The van der Waals surface area contributed by atoms with E-state index in [0.717, 1.165) is 5.56 Å². The molecule has 1 amide bonds. The zero-order chi connectivity index (χ0) is 18.0. The van der Waals surface area contributed by atoms with Gasteiger partial charge in [0, 0.05) is 6.42 Å². The van der Waals surface area contributed by atoms with Gasteiger partial charge in [-0.15, -0.1) is 0 Å². The van der Waals surface area contributed by atoms with Crippen LogP contribution in [0.2, 0.25) is 0 Å². The fourth-order valence-corrected chi connectivity index (χ4v) is 1.67. The van der Waals surface area contributed by atoms with Gasteiger partial charge in [-0.05, 0) is 26.3 Å². The Morgan fingerprint density at radius 1 is 1.17 bits per heavy atom. The first kappa shape index (κ1) is 24.3. The van der Waals surface area contributed by atoms with E-state index in [9.17, 15) is 9.59 Å². The van der Waals surface area contributed by atoms with Crippen molar-refractivity contribution in [1.82, 2.24) is 5.32 Å². The highest BCUT2D eigenvalue weighted by Gasteiger charge is 2.25. The van der Waals surface area contributed by atoms with Crippen molar-refractivity contribution in [2.24, 2.45) is 0 Å². The Bertz CT molecular complexity index is 495. The number of esters is 1. The molecule has 0 aromatic heterocycles. The van der Waals surface area contributed by atoms with Crippen LogP contribution in [0.5, 0.6) is 0 Å². The molecule has 1 aromatic rings. The maximum atomic E-state index is 11.8. The number of hydrogen-bond acceptors (Lipinski definition) is 4. The molecule has 0 spiro atoms. The van der Waals surface area contributed by atoms with E-state index in [0.29, 0.717) is 11.9 Å². The third-order valence-corrected chi connectivity index (χ3v) is 2.60. The lowest BCUT2D eigenvalue weighted by Crippen LogP contribution is -2.45. The van der Waals surface area contributed by atoms with Gasteiger partial charge in [0.25, 0.3) is 0 Å². The molecule has 0 aliphatic carbocycles. The van der Waals surface area contributed by atoms with E-state index in [4.69, 9.17) is 17.3 Å². The molecule has 1 rings (SSSR count). The number of benzene rings is 1. The van der Waals surface area contributed by atoms with Gasteiger partial charge in [-0.1, -0.05) is 51.0 Å². The van der Waals surface area contributed by atoms with Crippen LogP contribution in [0.3, 0.4) is 0 Å². The molecule has 0 bridgehead atoms. The highest BCUT2D eigenvalue weighted by Crippen LogP contribution is 2.08. The minimum Gasteiger partial charge on any atom is -0.467 e. The molecule has 0 fully saturated rings. The van der Waals surface area contributed by atoms with Crippen molar-refractivity contribution in [3.8, 4) is 0 Å². The topological polar surface area (TPSA) is 64.6 Å². The number of rotatable bonds is 4. The van der Waals surface area contributed by atoms with Crippen LogP contribution in [-0.2, 0) is 20.7 Å². The molecule has 0 heterocycles. The second-order valence-corrected chi connectivity index (χ2v) is 5.67. The Hall–Kier alpha value is -1.98. The second-order valence-electron chi connectivity index (χ2n) is 5.67. The Balaban J connectivity index is 0. The highest BCUT2D eigenvalue weighted by molar-refractivity contribution is 6.32. The first-order chi connectivity index (χ1) is 10.7. The summed E-state index contributed by atoms with van der Waals surface area (Å²) in [4.78, 5) is 23.5. The number of alkyl carbamates (subject to hydrolysis) is 1. The summed E-state index contributed by atoms with van der Waals surface area (Å²) in [6, 6.07) is 6.24. The molecule has 1 N–H and O–H groups in total. The van der Waals surface area contributed by atoms with Crippen LogP contribution in [0.4, 0.5) is 4.79 Å². The van der Waals surface area contributed by atoms with E-state index in [2.05, 4.69) is 5.32 Å².